The van der Waals surface area contributed by atoms with Crippen molar-refractivity contribution in [3.05, 3.63) is 99.3 Å². The van der Waals surface area contributed by atoms with E-state index in [9.17, 15) is 14.4 Å². The van der Waals surface area contributed by atoms with Crippen molar-refractivity contribution in [1.29, 1.82) is 0 Å². The van der Waals surface area contributed by atoms with E-state index in [2.05, 4.69) is 47.0 Å². The first-order valence-corrected chi connectivity index (χ1v) is 12.3. The Kier molecular flexibility index (Phi) is 7.00. The van der Waals surface area contributed by atoms with Crippen LogP contribution in [-0.4, -0.2) is 45.3 Å². The molecular formula is C27H21BrN6O4. The number of carbonyl (C=O) groups is 3. The zero-order chi connectivity index (χ0) is 26.6. The van der Waals surface area contributed by atoms with Crippen LogP contribution in [0.5, 0.6) is 0 Å². The molecule has 4 N–H and O–H groups in total. The van der Waals surface area contributed by atoms with E-state index in [1.165, 1.54) is 19.3 Å². The third-order valence-electron chi connectivity index (χ3n) is 5.91. The van der Waals surface area contributed by atoms with Crippen LogP contribution in [0, 0.1) is 0 Å². The van der Waals surface area contributed by atoms with E-state index >= 15 is 0 Å². The number of nitrogens with one attached hydrogen (secondary N) is 4. The highest BCUT2D eigenvalue weighted by Crippen LogP contribution is 2.21. The Hall–Kier alpha value is -4.77. The van der Waals surface area contributed by atoms with Crippen molar-refractivity contribution >= 4 is 61.7 Å². The van der Waals surface area contributed by atoms with Gasteiger partial charge in [-0.2, -0.15) is 15.4 Å². The molecular weight excluding hydrogens is 552 g/mol. The predicted molar refractivity (Wildman–Crippen MR) is 145 cm³/mol. The van der Waals surface area contributed by atoms with Crippen LogP contribution >= 0.6 is 15.9 Å². The molecule has 0 radical (unpaired) electrons. The fourth-order valence-corrected chi connectivity index (χ4v) is 4.54. The van der Waals surface area contributed by atoms with Crippen molar-refractivity contribution in [2.45, 2.75) is 6.54 Å². The summed E-state index contributed by atoms with van der Waals surface area (Å²) < 4.78 is 5.23. The minimum atomic E-state index is -0.719. The number of amides is 2. The number of halogens is 1. The number of ether oxygens (including phenoxy) is 1. The summed E-state index contributed by atoms with van der Waals surface area (Å²) in [5, 5.41) is 17.1. The van der Waals surface area contributed by atoms with Crippen molar-refractivity contribution in [3.8, 4) is 0 Å². The van der Waals surface area contributed by atoms with Crippen molar-refractivity contribution in [2.24, 2.45) is 0 Å². The smallest absolute Gasteiger partial charge is 0.354 e. The largest absolute Gasteiger partial charge is 0.464 e. The van der Waals surface area contributed by atoms with Gasteiger partial charge in [0.25, 0.3) is 11.8 Å². The molecule has 2 aromatic heterocycles. The summed E-state index contributed by atoms with van der Waals surface area (Å²) in [4.78, 5) is 41.3. The van der Waals surface area contributed by atoms with Crippen LogP contribution in [0.4, 0.5) is 0 Å². The Bertz CT molecular complexity index is 1720. The fourth-order valence-electron chi connectivity index (χ4n) is 3.98. The molecule has 5 aromatic rings. The molecule has 0 bridgehead atoms. The monoisotopic (exact) mass is 572 g/mol. The van der Waals surface area contributed by atoms with E-state index in [0.717, 1.165) is 16.5 Å². The highest BCUT2D eigenvalue weighted by atomic mass is 79.9. The molecule has 10 nitrogen and oxygen atoms in total. The van der Waals surface area contributed by atoms with Crippen molar-refractivity contribution in [3.63, 3.8) is 0 Å². The Morgan fingerprint density at radius 2 is 1.84 bits per heavy atom. The van der Waals surface area contributed by atoms with E-state index < -0.39 is 11.9 Å². The van der Waals surface area contributed by atoms with Crippen LogP contribution in [0.3, 0.4) is 0 Å². The summed E-state index contributed by atoms with van der Waals surface area (Å²) in [5.74, 6) is -1.56. The molecule has 2 amide bonds. The third kappa shape index (κ3) is 5.18. The average molecular weight is 573 g/mol. The first-order chi connectivity index (χ1) is 18.4. The van der Waals surface area contributed by atoms with Gasteiger partial charge in [0.2, 0.25) is 0 Å². The zero-order valence-electron chi connectivity index (χ0n) is 20.0. The maximum absolute atomic E-state index is 13.0. The van der Waals surface area contributed by atoms with Crippen LogP contribution in [0.25, 0.3) is 28.0 Å². The van der Waals surface area contributed by atoms with Gasteiger partial charge in [-0.15, -0.1) is 0 Å². The summed E-state index contributed by atoms with van der Waals surface area (Å²) in [6.45, 7) is 0.349. The predicted octanol–water partition coefficient (Wildman–Crippen LogP) is 4.08. The van der Waals surface area contributed by atoms with Gasteiger partial charge in [0, 0.05) is 33.7 Å². The molecule has 0 aliphatic rings. The SMILES string of the molecule is COC(=O)C(=Cc1ccc2n[nH]nc2c1)NC(=O)c1ccc(C(=O)NCc2cccc3[nH]ccc23)cc1Br. The quantitative estimate of drug-likeness (QED) is 0.171. The number of hydrogen-bond donors (Lipinski definition) is 4. The molecule has 0 spiro atoms. The number of esters is 1. The molecule has 38 heavy (non-hydrogen) atoms. The Labute approximate surface area is 224 Å². The Morgan fingerprint density at radius 3 is 2.66 bits per heavy atom. The van der Waals surface area contributed by atoms with Crippen LogP contribution in [0.15, 0.2) is 77.0 Å². The van der Waals surface area contributed by atoms with Gasteiger partial charge in [-0.05, 0) is 75.6 Å². The first-order valence-electron chi connectivity index (χ1n) is 11.5. The minimum Gasteiger partial charge on any atom is -0.464 e. The number of nitrogens with zero attached hydrogens (tertiary/aromatic N) is 2. The molecule has 11 heteroatoms. The highest BCUT2D eigenvalue weighted by Gasteiger charge is 2.18. The first kappa shape index (κ1) is 24.9. The number of H-pyrrole nitrogens is 2. The normalized spacial score (nSPS) is 11.5. The van der Waals surface area contributed by atoms with E-state index in [0.29, 0.717) is 33.2 Å². The molecule has 0 aliphatic heterocycles. The second kappa shape index (κ2) is 10.7. The maximum Gasteiger partial charge on any atom is 0.354 e. The molecule has 2 heterocycles. The van der Waals surface area contributed by atoms with Gasteiger partial charge in [-0.1, -0.05) is 18.2 Å². The van der Waals surface area contributed by atoms with Gasteiger partial charge < -0.3 is 20.4 Å². The highest BCUT2D eigenvalue weighted by molar-refractivity contribution is 9.10. The van der Waals surface area contributed by atoms with E-state index in [4.69, 9.17) is 4.74 Å². The molecule has 0 saturated carbocycles. The van der Waals surface area contributed by atoms with Crippen molar-refractivity contribution in [1.82, 2.24) is 31.0 Å². The molecule has 0 unspecified atom stereocenters. The van der Waals surface area contributed by atoms with E-state index in [-0.39, 0.29) is 17.2 Å². The lowest BCUT2D eigenvalue weighted by Gasteiger charge is -2.11. The fraction of sp³-hybridized carbons (Fsp3) is 0.0741. The van der Waals surface area contributed by atoms with Gasteiger partial charge in [-0.3, -0.25) is 9.59 Å². The lowest BCUT2D eigenvalue weighted by molar-refractivity contribution is -0.136. The lowest BCUT2D eigenvalue weighted by atomic mass is 10.1. The molecule has 5 rings (SSSR count). The minimum absolute atomic E-state index is 0.0620. The van der Waals surface area contributed by atoms with Crippen LogP contribution in [0.2, 0.25) is 0 Å². The van der Waals surface area contributed by atoms with E-state index in [1.54, 1.807) is 30.3 Å². The van der Waals surface area contributed by atoms with Gasteiger partial charge in [0.1, 0.15) is 16.7 Å². The van der Waals surface area contributed by atoms with Crippen molar-refractivity contribution < 1.29 is 19.1 Å². The third-order valence-corrected chi connectivity index (χ3v) is 6.56. The number of methoxy groups -OCH3 is 1. The number of fused-ring (bicyclic) bond motifs is 2. The maximum atomic E-state index is 13.0. The average Bonchev–Trinajstić information content (AvgIpc) is 3.60. The summed E-state index contributed by atoms with van der Waals surface area (Å²) in [6, 6.07) is 17.6. The Morgan fingerprint density at radius 1 is 1.00 bits per heavy atom. The summed E-state index contributed by atoms with van der Waals surface area (Å²) >= 11 is 3.37. The molecule has 190 valence electrons. The number of rotatable bonds is 7. The molecule has 0 aliphatic carbocycles. The lowest BCUT2D eigenvalue weighted by Crippen LogP contribution is -2.28. The van der Waals surface area contributed by atoms with Gasteiger partial charge in [0.15, 0.2) is 0 Å². The number of aromatic nitrogens is 4. The van der Waals surface area contributed by atoms with Crippen LogP contribution < -0.4 is 10.6 Å². The number of benzene rings is 3. The summed E-state index contributed by atoms with van der Waals surface area (Å²) in [5.41, 5.74) is 4.42. The summed E-state index contributed by atoms with van der Waals surface area (Å²) in [6.07, 6.45) is 3.34. The van der Waals surface area contributed by atoms with Gasteiger partial charge in [0.05, 0.1) is 12.7 Å². The van der Waals surface area contributed by atoms with E-state index in [1.807, 2.05) is 30.5 Å². The van der Waals surface area contributed by atoms with Crippen LogP contribution in [-0.2, 0) is 16.1 Å². The molecule has 0 fully saturated rings. The summed E-state index contributed by atoms with van der Waals surface area (Å²) in [7, 11) is 1.23. The number of aromatic amines is 2. The topological polar surface area (TPSA) is 142 Å². The second-order valence-corrected chi connectivity index (χ2v) is 9.16. The second-order valence-electron chi connectivity index (χ2n) is 8.31. The molecule has 3 aromatic carbocycles. The van der Waals surface area contributed by atoms with Crippen molar-refractivity contribution in [2.75, 3.05) is 7.11 Å². The number of carbonyl (C=O) groups excluding carboxylic acids is 3. The van der Waals surface area contributed by atoms with Gasteiger partial charge >= 0.3 is 5.97 Å². The number of hydrogen-bond acceptors (Lipinski definition) is 6. The van der Waals surface area contributed by atoms with Crippen LogP contribution in [0.1, 0.15) is 31.8 Å². The zero-order valence-corrected chi connectivity index (χ0v) is 21.6. The molecule has 0 atom stereocenters. The standard InChI is InChI=1S/C27H21BrN6O4/c1-38-27(37)24(12-15-5-8-22-23(11-15)33-34-32-22)31-26(36)19-7-6-16(13-20(19)28)25(35)30-14-17-3-2-4-21-18(17)9-10-29-21/h2-13,29H,14H2,1H3,(H,30,35)(H,31,36)(H,32,33,34). The Balaban J connectivity index is 1.30. The van der Waals surface area contributed by atoms with Gasteiger partial charge in [-0.25, -0.2) is 4.79 Å². The molecule has 0 saturated heterocycles.